The SMILES string of the molecule is CCCCCCCCCCCCCCCCCCCCCCC/C=C/P/C=C/CCCCCCCCCCCCCCCCCCCCCCC. The molecule has 0 spiro atoms. The van der Waals surface area contributed by atoms with Crippen LogP contribution in [0, 0.1) is 0 Å². The maximum absolute atomic E-state index is 2.44. The van der Waals surface area contributed by atoms with E-state index >= 15 is 0 Å². The molecule has 304 valence electrons. The van der Waals surface area contributed by atoms with Crippen LogP contribution in [0.5, 0.6) is 0 Å². The van der Waals surface area contributed by atoms with E-state index in [1.54, 1.807) is 0 Å². The summed E-state index contributed by atoms with van der Waals surface area (Å²) in [7, 11) is 0.891. The Morgan fingerprint density at radius 3 is 0.549 bits per heavy atom. The summed E-state index contributed by atoms with van der Waals surface area (Å²) in [4.78, 5) is 0. The fraction of sp³-hybridized carbons (Fsp3) is 0.920. The summed E-state index contributed by atoms with van der Waals surface area (Å²) >= 11 is 0. The van der Waals surface area contributed by atoms with Crippen molar-refractivity contribution in [2.75, 3.05) is 0 Å². The van der Waals surface area contributed by atoms with Crippen LogP contribution >= 0.6 is 8.58 Å². The lowest BCUT2D eigenvalue weighted by Gasteiger charge is -2.04. The molecular weight excluding hydrogens is 632 g/mol. The molecule has 0 amide bonds. The summed E-state index contributed by atoms with van der Waals surface area (Å²) in [6, 6.07) is 0. The third-order valence-electron chi connectivity index (χ3n) is 11.4. The van der Waals surface area contributed by atoms with Crippen molar-refractivity contribution in [2.24, 2.45) is 0 Å². The van der Waals surface area contributed by atoms with Crippen LogP contribution in [0.15, 0.2) is 23.8 Å². The number of rotatable bonds is 46. The lowest BCUT2D eigenvalue weighted by Crippen LogP contribution is -1.84. The molecule has 0 aromatic carbocycles. The lowest BCUT2D eigenvalue weighted by atomic mass is 10.0. The van der Waals surface area contributed by atoms with E-state index in [-0.39, 0.29) is 0 Å². The van der Waals surface area contributed by atoms with E-state index in [1.807, 2.05) is 0 Å². The molecule has 0 N–H and O–H groups in total. The highest BCUT2D eigenvalue weighted by Crippen LogP contribution is 2.19. The van der Waals surface area contributed by atoms with Crippen molar-refractivity contribution in [3.8, 4) is 0 Å². The third-order valence-corrected chi connectivity index (χ3v) is 12.2. The van der Waals surface area contributed by atoms with Gasteiger partial charge in [-0.2, -0.15) is 0 Å². The topological polar surface area (TPSA) is 0 Å². The lowest BCUT2D eigenvalue weighted by molar-refractivity contribution is 0.520. The highest BCUT2D eigenvalue weighted by Gasteiger charge is 1.97. The first-order valence-electron chi connectivity index (χ1n) is 24.5. The minimum absolute atomic E-state index is 0.891. The molecule has 0 radical (unpaired) electrons. The van der Waals surface area contributed by atoms with Gasteiger partial charge in [0.1, 0.15) is 0 Å². The second kappa shape index (κ2) is 49.9. The minimum atomic E-state index is 0.891. The van der Waals surface area contributed by atoms with Gasteiger partial charge < -0.3 is 0 Å². The fourth-order valence-corrected chi connectivity index (χ4v) is 8.46. The predicted molar refractivity (Wildman–Crippen MR) is 241 cm³/mol. The Balaban J connectivity index is 3.14. The van der Waals surface area contributed by atoms with Gasteiger partial charge in [-0.3, -0.25) is 0 Å². The Labute approximate surface area is 327 Å². The van der Waals surface area contributed by atoms with Crippen molar-refractivity contribution in [3.63, 3.8) is 0 Å². The second-order valence-electron chi connectivity index (χ2n) is 16.7. The largest absolute Gasteiger partial charge is 0.0840 e. The molecule has 0 saturated heterocycles. The van der Waals surface area contributed by atoms with Gasteiger partial charge in [-0.05, 0) is 25.7 Å². The van der Waals surface area contributed by atoms with Crippen molar-refractivity contribution >= 4 is 8.58 Å². The van der Waals surface area contributed by atoms with Crippen LogP contribution in [-0.4, -0.2) is 0 Å². The van der Waals surface area contributed by atoms with E-state index in [1.165, 1.54) is 283 Å². The summed E-state index contributed by atoms with van der Waals surface area (Å²) < 4.78 is 0. The maximum Gasteiger partial charge on any atom is -0.0347 e. The van der Waals surface area contributed by atoms with Crippen LogP contribution in [0.2, 0.25) is 0 Å². The molecule has 0 rings (SSSR count). The fourth-order valence-electron chi connectivity index (χ4n) is 7.75. The zero-order valence-electron chi connectivity index (χ0n) is 35.9. The molecule has 0 bridgehead atoms. The monoisotopic (exact) mass is 731 g/mol. The van der Waals surface area contributed by atoms with E-state index in [0.717, 1.165) is 8.58 Å². The van der Waals surface area contributed by atoms with Gasteiger partial charge in [-0.15, -0.1) is 0 Å². The van der Waals surface area contributed by atoms with E-state index in [2.05, 4.69) is 37.6 Å². The summed E-state index contributed by atoms with van der Waals surface area (Å²) in [6.07, 6.45) is 69.0. The third kappa shape index (κ3) is 49.9. The van der Waals surface area contributed by atoms with E-state index in [9.17, 15) is 0 Å². The zero-order chi connectivity index (χ0) is 36.6. The van der Waals surface area contributed by atoms with Crippen molar-refractivity contribution in [1.82, 2.24) is 0 Å². The van der Waals surface area contributed by atoms with Crippen LogP contribution in [0.4, 0.5) is 0 Å². The van der Waals surface area contributed by atoms with Crippen LogP contribution < -0.4 is 0 Å². The van der Waals surface area contributed by atoms with Crippen LogP contribution in [-0.2, 0) is 0 Å². The maximum atomic E-state index is 2.44. The van der Waals surface area contributed by atoms with Crippen LogP contribution in [0.25, 0.3) is 0 Å². The van der Waals surface area contributed by atoms with Crippen molar-refractivity contribution < 1.29 is 0 Å². The van der Waals surface area contributed by atoms with Crippen molar-refractivity contribution in [3.05, 3.63) is 23.8 Å². The molecule has 1 heteroatoms. The van der Waals surface area contributed by atoms with E-state index in [0.29, 0.717) is 0 Å². The molecule has 0 saturated carbocycles. The molecule has 51 heavy (non-hydrogen) atoms. The highest BCUT2D eigenvalue weighted by atomic mass is 31.1. The van der Waals surface area contributed by atoms with Crippen molar-refractivity contribution in [2.45, 2.75) is 296 Å². The first kappa shape index (κ1) is 50.9. The average molecular weight is 731 g/mol. The average Bonchev–Trinajstić information content (AvgIpc) is 3.14. The second-order valence-corrected chi connectivity index (χ2v) is 17.7. The molecule has 0 aromatic rings. The number of allylic oxidation sites excluding steroid dienone is 2. The van der Waals surface area contributed by atoms with Gasteiger partial charge in [0, 0.05) is 0 Å². The first-order valence-corrected chi connectivity index (χ1v) is 25.6. The number of unbranched alkanes of at least 4 members (excludes halogenated alkanes) is 42. The van der Waals surface area contributed by atoms with Gasteiger partial charge in [0.15, 0.2) is 0 Å². The Hall–Kier alpha value is -0.0900. The summed E-state index contributed by atoms with van der Waals surface area (Å²) in [5, 5.41) is 0. The van der Waals surface area contributed by atoms with E-state index in [4.69, 9.17) is 0 Å². The molecule has 0 aliphatic carbocycles. The van der Waals surface area contributed by atoms with Gasteiger partial charge in [0.25, 0.3) is 0 Å². The summed E-state index contributed by atoms with van der Waals surface area (Å²) in [5.41, 5.74) is 0. The number of hydrogen-bond donors (Lipinski definition) is 0. The smallest absolute Gasteiger partial charge is 0.0347 e. The molecule has 0 aromatic heterocycles. The zero-order valence-corrected chi connectivity index (χ0v) is 36.9. The van der Waals surface area contributed by atoms with Gasteiger partial charge in [-0.25, -0.2) is 0 Å². The first-order chi connectivity index (χ1) is 25.4. The normalized spacial score (nSPS) is 12.0. The Kier molecular flexibility index (Phi) is 49.8. The Morgan fingerprint density at radius 2 is 0.373 bits per heavy atom. The molecule has 0 aliphatic heterocycles. The molecular formula is C50H99P. The Bertz CT molecular complexity index is 581. The van der Waals surface area contributed by atoms with Gasteiger partial charge in [-0.1, -0.05) is 303 Å². The van der Waals surface area contributed by atoms with E-state index < -0.39 is 0 Å². The molecule has 0 heterocycles. The number of hydrogen-bond acceptors (Lipinski definition) is 0. The quantitative estimate of drug-likeness (QED) is 0.0432. The summed E-state index contributed by atoms with van der Waals surface area (Å²) in [6.45, 7) is 4.62. The van der Waals surface area contributed by atoms with Gasteiger partial charge in [0.2, 0.25) is 0 Å². The van der Waals surface area contributed by atoms with Gasteiger partial charge >= 0.3 is 0 Å². The molecule has 0 unspecified atom stereocenters. The minimum Gasteiger partial charge on any atom is -0.0840 e. The molecule has 0 atom stereocenters. The van der Waals surface area contributed by atoms with Crippen LogP contribution in [0.1, 0.15) is 296 Å². The van der Waals surface area contributed by atoms with Crippen LogP contribution in [0.3, 0.4) is 0 Å². The standard InChI is InChI=1S/C50H99P/c1-3-5-7-9-11-13-15-17-19-21-23-25-27-29-31-33-35-37-39-41-43-45-47-49-51-50-48-46-44-42-40-38-36-34-32-30-28-26-24-22-20-18-16-14-12-10-8-6-4-2/h47-51H,3-46H2,1-2H3/b49-47+,50-48+. The van der Waals surface area contributed by atoms with Crippen molar-refractivity contribution in [1.29, 1.82) is 0 Å². The molecule has 0 aliphatic rings. The summed E-state index contributed by atoms with van der Waals surface area (Å²) in [5.74, 6) is 4.84. The Morgan fingerprint density at radius 1 is 0.216 bits per heavy atom. The van der Waals surface area contributed by atoms with Gasteiger partial charge in [0.05, 0.1) is 0 Å². The highest BCUT2D eigenvalue weighted by molar-refractivity contribution is 7.45. The molecule has 0 fully saturated rings. The predicted octanol–water partition coefficient (Wildman–Crippen LogP) is 19.9. The molecule has 0 nitrogen and oxygen atoms in total.